The van der Waals surface area contributed by atoms with Gasteiger partial charge in [0.1, 0.15) is 17.6 Å². The van der Waals surface area contributed by atoms with Crippen molar-refractivity contribution in [2.45, 2.75) is 6.61 Å². The molecule has 0 aliphatic carbocycles. The molecule has 2 aromatic carbocycles. The number of hydrogen-bond acceptors (Lipinski definition) is 3. The van der Waals surface area contributed by atoms with Crippen LogP contribution in [0.25, 0.3) is 0 Å². The molecule has 1 N–H and O–H groups in total. The summed E-state index contributed by atoms with van der Waals surface area (Å²) in [5.74, 6) is 1.06. The maximum Gasteiger partial charge on any atom is 0.145 e. The number of nitrogens with zero attached hydrogens (tertiary/aromatic N) is 1. The molecule has 0 heterocycles. The first-order valence-corrected chi connectivity index (χ1v) is 5.68. The molecule has 4 heteroatoms. The lowest BCUT2D eigenvalue weighted by atomic mass is 10.2. The average Bonchev–Trinajstić information content (AvgIpc) is 2.41. The van der Waals surface area contributed by atoms with E-state index in [4.69, 9.17) is 26.7 Å². The van der Waals surface area contributed by atoms with Gasteiger partial charge in [-0.3, -0.25) is 0 Å². The van der Waals surface area contributed by atoms with Gasteiger partial charge >= 0.3 is 0 Å². The van der Waals surface area contributed by atoms with E-state index in [2.05, 4.69) is 0 Å². The van der Waals surface area contributed by atoms with Gasteiger partial charge < -0.3 is 9.84 Å². The highest BCUT2D eigenvalue weighted by molar-refractivity contribution is 6.30. The Morgan fingerprint density at radius 3 is 2.50 bits per heavy atom. The molecule has 0 saturated carbocycles. The second-order valence-electron chi connectivity index (χ2n) is 3.66. The van der Waals surface area contributed by atoms with E-state index in [-0.39, 0.29) is 6.61 Å². The van der Waals surface area contributed by atoms with Crippen LogP contribution in [0.5, 0.6) is 11.5 Å². The van der Waals surface area contributed by atoms with E-state index in [0.29, 0.717) is 22.1 Å². The van der Waals surface area contributed by atoms with Crippen LogP contribution in [-0.2, 0) is 6.61 Å². The highest BCUT2D eigenvalue weighted by atomic mass is 35.5. The summed E-state index contributed by atoms with van der Waals surface area (Å²) in [6.45, 7) is -0.00926. The standard InChI is InChI=1S/C14H10ClNO2/c15-12-3-6-14(11(7-12)8-16)18-13-4-1-10(9-17)2-5-13/h1-7,17H,9H2. The van der Waals surface area contributed by atoms with Gasteiger partial charge in [0.25, 0.3) is 0 Å². The molecule has 0 bridgehead atoms. The third-order valence-corrected chi connectivity index (χ3v) is 2.63. The summed E-state index contributed by atoms with van der Waals surface area (Å²) in [6.07, 6.45) is 0. The van der Waals surface area contributed by atoms with Gasteiger partial charge in [-0.1, -0.05) is 23.7 Å². The lowest BCUT2D eigenvalue weighted by molar-refractivity contribution is 0.281. The first kappa shape index (κ1) is 12.4. The molecule has 90 valence electrons. The van der Waals surface area contributed by atoms with Gasteiger partial charge in [0.15, 0.2) is 0 Å². The quantitative estimate of drug-likeness (QED) is 0.918. The third kappa shape index (κ3) is 2.80. The second kappa shape index (κ2) is 5.54. The fourth-order valence-electron chi connectivity index (χ4n) is 1.47. The van der Waals surface area contributed by atoms with Crippen LogP contribution < -0.4 is 4.74 Å². The molecule has 0 aromatic heterocycles. The van der Waals surface area contributed by atoms with E-state index in [1.54, 1.807) is 42.5 Å². The fourth-order valence-corrected chi connectivity index (χ4v) is 1.64. The summed E-state index contributed by atoms with van der Waals surface area (Å²) >= 11 is 5.80. The predicted molar refractivity (Wildman–Crippen MR) is 68.6 cm³/mol. The summed E-state index contributed by atoms with van der Waals surface area (Å²) < 4.78 is 5.59. The number of ether oxygens (including phenoxy) is 1. The van der Waals surface area contributed by atoms with Crippen molar-refractivity contribution in [3.8, 4) is 17.6 Å². The topological polar surface area (TPSA) is 53.2 Å². The zero-order valence-electron chi connectivity index (χ0n) is 9.43. The number of nitriles is 1. The van der Waals surface area contributed by atoms with Crippen LogP contribution in [0.2, 0.25) is 5.02 Å². The summed E-state index contributed by atoms with van der Waals surface area (Å²) in [4.78, 5) is 0. The molecule has 18 heavy (non-hydrogen) atoms. The summed E-state index contributed by atoms with van der Waals surface area (Å²) in [7, 11) is 0. The maximum atomic E-state index is 8.98. The summed E-state index contributed by atoms with van der Waals surface area (Å²) in [5, 5.41) is 18.4. The van der Waals surface area contributed by atoms with Gasteiger partial charge in [-0.05, 0) is 35.9 Å². The van der Waals surface area contributed by atoms with Crippen molar-refractivity contribution >= 4 is 11.6 Å². The van der Waals surface area contributed by atoms with Crippen LogP contribution in [-0.4, -0.2) is 5.11 Å². The highest BCUT2D eigenvalue weighted by Crippen LogP contribution is 2.27. The molecule has 2 aromatic rings. The normalized spacial score (nSPS) is 9.83. The minimum Gasteiger partial charge on any atom is -0.456 e. The third-order valence-electron chi connectivity index (χ3n) is 2.40. The lowest BCUT2D eigenvalue weighted by Crippen LogP contribution is -1.89. The van der Waals surface area contributed by atoms with Crippen molar-refractivity contribution < 1.29 is 9.84 Å². The highest BCUT2D eigenvalue weighted by Gasteiger charge is 2.05. The van der Waals surface area contributed by atoms with E-state index in [9.17, 15) is 0 Å². The number of halogens is 1. The van der Waals surface area contributed by atoms with Crippen molar-refractivity contribution in [1.82, 2.24) is 0 Å². The Bertz CT molecular complexity index is 588. The van der Waals surface area contributed by atoms with Gasteiger partial charge in [-0.15, -0.1) is 0 Å². The van der Waals surface area contributed by atoms with Crippen LogP contribution in [0.1, 0.15) is 11.1 Å². The van der Waals surface area contributed by atoms with Gasteiger partial charge in [-0.2, -0.15) is 5.26 Å². The van der Waals surface area contributed by atoms with Crippen LogP contribution >= 0.6 is 11.6 Å². The van der Waals surface area contributed by atoms with Crippen LogP contribution in [0, 0.1) is 11.3 Å². The monoisotopic (exact) mass is 259 g/mol. The maximum absolute atomic E-state index is 8.98. The zero-order valence-corrected chi connectivity index (χ0v) is 10.2. The molecule has 0 spiro atoms. The van der Waals surface area contributed by atoms with E-state index in [0.717, 1.165) is 5.56 Å². The molecule has 0 unspecified atom stereocenters. The molecule has 3 nitrogen and oxygen atoms in total. The van der Waals surface area contributed by atoms with E-state index >= 15 is 0 Å². The molecule has 0 radical (unpaired) electrons. The summed E-state index contributed by atoms with van der Waals surface area (Å²) in [6, 6.07) is 13.9. The molecule has 0 aliphatic rings. The second-order valence-corrected chi connectivity index (χ2v) is 4.09. The first-order chi connectivity index (χ1) is 8.72. The molecule has 0 saturated heterocycles. The Balaban J connectivity index is 2.25. The molecule has 0 atom stereocenters. The number of hydrogen-bond donors (Lipinski definition) is 1. The Kier molecular flexibility index (Phi) is 3.83. The first-order valence-electron chi connectivity index (χ1n) is 5.30. The summed E-state index contributed by atoms with van der Waals surface area (Å²) in [5.41, 5.74) is 1.19. The molecule has 2 rings (SSSR count). The van der Waals surface area contributed by atoms with E-state index in [1.165, 1.54) is 0 Å². The molecule has 0 fully saturated rings. The molecule has 0 amide bonds. The smallest absolute Gasteiger partial charge is 0.145 e. The number of rotatable bonds is 3. The van der Waals surface area contributed by atoms with Crippen LogP contribution in [0.15, 0.2) is 42.5 Å². The minimum absolute atomic E-state index is 0.00926. The van der Waals surface area contributed by atoms with Crippen molar-refractivity contribution in [1.29, 1.82) is 5.26 Å². The van der Waals surface area contributed by atoms with E-state index < -0.39 is 0 Å². The van der Waals surface area contributed by atoms with Gasteiger partial charge in [0, 0.05) is 5.02 Å². The van der Waals surface area contributed by atoms with Crippen molar-refractivity contribution in [3.05, 3.63) is 58.6 Å². The molecular weight excluding hydrogens is 250 g/mol. The number of aliphatic hydroxyl groups is 1. The fraction of sp³-hybridized carbons (Fsp3) is 0.0714. The average molecular weight is 260 g/mol. The van der Waals surface area contributed by atoms with Gasteiger partial charge in [0.2, 0.25) is 0 Å². The zero-order chi connectivity index (χ0) is 13.0. The van der Waals surface area contributed by atoms with Crippen molar-refractivity contribution in [2.24, 2.45) is 0 Å². The van der Waals surface area contributed by atoms with Crippen LogP contribution in [0.4, 0.5) is 0 Å². The molecular formula is C14H10ClNO2. The minimum atomic E-state index is -0.00926. The SMILES string of the molecule is N#Cc1cc(Cl)ccc1Oc1ccc(CO)cc1. The van der Waals surface area contributed by atoms with Gasteiger partial charge in [-0.25, -0.2) is 0 Å². The van der Waals surface area contributed by atoms with Crippen molar-refractivity contribution in [3.63, 3.8) is 0 Å². The van der Waals surface area contributed by atoms with Crippen LogP contribution in [0.3, 0.4) is 0 Å². The Morgan fingerprint density at radius 1 is 1.17 bits per heavy atom. The lowest BCUT2D eigenvalue weighted by Gasteiger charge is -2.08. The Hall–Kier alpha value is -2.02. The van der Waals surface area contributed by atoms with Crippen molar-refractivity contribution in [2.75, 3.05) is 0 Å². The Morgan fingerprint density at radius 2 is 1.89 bits per heavy atom. The predicted octanol–water partition coefficient (Wildman–Crippen LogP) is 3.50. The Labute approximate surface area is 110 Å². The van der Waals surface area contributed by atoms with E-state index in [1.807, 2.05) is 6.07 Å². The number of benzene rings is 2. The molecule has 0 aliphatic heterocycles. The van der Waals surface area contributed by atoms with Gasteiger partial charge in [0.05, 0.1) is 12.2 Å². The largest absolute Gasteiger partial charge is 0.456 e. The number of aliphatic hydroxyl groups excluding tert-OH is 1.